The van der Waals surface area contributed by atoms with E-state index in [4.69, 9.17) is 4.74 Å². The Kier molecular flexibility index (Phi) is 7.37. The van der Waals surface area contributed by atoms with Crippen LogP contribution in [0.4, 0.5) is 14.9 Å². The number of ether oxygens (including phenoxy) is 1. The first-order chi connectivity index (χ1) is 16.9. The van der Waals surface area contributed by atoms with Gasteiger partial charge in [-0.1, -0.05) is 24.3 Å². The van der Waals surface area contributed by atoms with Crippen LogP contribution in [0.15, 0.2) is 48.5 Å². The predicted molar refractivity (Wildman–Crippen MR) is 124 cm³/mol. The number of hydrogen-bond donors (Lipinski definition) is 3. The molecule has 2 atom stereocenters. The minimum Gasteiger partial charge on any atom is -0.462 e. The second-order valence-corrected chi connectivity index (χ2v) is 8.11. The molecule has 0 aliphatic carbocycles. The number of para-hydroxylation sites is 1. The van der Waals surface area contributed by atoms with Gasteiger partial charge in [0.1, 0.15) is 24.6 Å². The second kappa shape index (κ2) is 10.6. The summed E-state index contributed by atoms with van der Waals surface area (Å²) < 4.78 is 18.3. The fraction of sp³-hybridized carbons (Fsp3) is 0.333. The van der Waals surface area contributed by atoms with Gasteiger partial charge in [0.15, 0.2) is 0 Å². The Bertz CT molecular complexity index is 1130. The fourth-order valence-corrected chi connectivity index (χ4v) is 4.13. The van der Waals surface area contributed by atoms with E-state index in [0.29, 0.717) is 18.7 Å². The largest absolute Gasteiger partial charge is 0.462 e. The number of piperazine rings is 1. The van der Waals surface area contributed by atoms with Gasteiger partial charge in [0.2, 0.25) is 5.91 Å². The summed E-state index contributed by atoms with van der Waals surface area (Å²) in [5.41, 5.74) is 1.02. The third-order valence-corrected chi connectivity index (χ3v) is 5.77. The quantitative estimate of drug-likeness (QED) is 0.508. The Hall–Kier alpha value is -3.83. The van der Waals surface area contributed by atoms with E-state index in [0.717, 1.165) is 4.90 Å². The third-order valence-electron chi connectivity index (χ3n) is 5.77. The van der Waals surface area contributed by atoms with Crippen molar-refractivity contribution in [3.05, 3.63) is 65.5 Å². The molecule has 0 spiro atoms. The number of imide groups is 1. The number of benzene rings is 2. The molecule has 10 nitrogen and oxygen atoms in total. The Morgan fingerprint density at radius 3 is 2.54 bits per heavy atom. The predicted octanol–water partition coefficient (Wildman–Crippen LogP) is 1.29. The number of rotatable bonds is 7. The average molecular weight is 484 g/mol. The number of carbonyl (C=O) groups is 4. The van der Waals surface area contributed by atoms with Gasteiger partial charge in [0.25, 0.3) is 5.91 Å². The summed E-state index contributed by atoms with van der Waals surface area (Å²) in [4.78, 5) is 54.0. The molecule has 184 valence electrons. The van der Waals surface area contributed by atoms with Gasteiger partial charge in [-0.05, 0) is 36.8 Å². The van der Waals surface area contributed by atoms with Crippen molar-refractivity contribution in [1.29, 1.82) is 0 Å². The van der Waals surface area contributed by atoms with Crippen LogP contribution in [-0.2, 0) is 20.9 Å². The summed E-state index contributed by atoms with van der Waals surface area (Å²) in [5.74, 6) is -1.98. The topological polar surface area (TPSA) is 120 Å². The first kappa shape index (κ1) is 24.3. The highest BCUT2D eigenvalue weighted by molar-refractivity contribution is 6.04. The highest BCUT2D eigenvalue weighted by atomic mass is 19.1. The van der Waals surface area contributed by atoms with E-state index in [-0.39, 0.29) is 30.9 Å². The van der Waals surface area contributed by atoms with Gasteiger partial charge in [-0.15, -0.1) is 0 Å². The van der Waals surface area contributed by atoms with E-state index >= 15 is 0 Å². The van der Waals surface area contributed by atoms with Crippen LogP contribution in [0.2, 0.25) is 0 Å². The van der Waals surface area contributed by atoms with Crippen LogP contribution in [0.1, 0.15) is 22.8 Å². The zero-order valence-electron chi connectivity index (χ0n) is 19.1. The molecule has 0 saturated carbocycles. The van der Waals surface area contributed by atoms with Crippen LogP contribution in [0.3, 0.4) is 0 Å². The van der Waals surface area contributed by atoms with Crippen molar-refractivity contribution in [2.75, 3.05) is 31.6 Å². The van der Waals surface area contributed by atoms with E-state index in [9.17, 15) is 23.6 Å². The molecule has 4 amide bonds. The summed E-state index contributed by atoms with van der Waals surface area (Å²) in [6.07, 6.45) is -0.723. The molecular weight excluding hydrogens is 457 g/mol. The number of fused-ring (bicyclic) bond motifs is 1. The maximum Gasteiger partial charge on any atom is 0.340 e. The van der Waals surface area contributed by atoms with Crippen molar-refractivity contribution in [3.63, 3.8) is 0 Å². The van der Waals surface area contributed by atoms with Gasteiger partial charge in [-0.2, -0.15) is 0 Å². The lowest BCUT2D eigenvalue weighted by Gasteiger charge is -2.47. The van der Waals surface area contributed by atoms with E-state index in [1.165, 1.54) is 35.2 Å². The lowest BCUT2D eigenvalue weighted by atomic mass is 10.1. The summed E-state index contributed by atoms with van der Waals surface area (Å²) in [6, 6.07) is 10.5. The highest BCUT2D eigenvalue weighted by Crippen LogP contribution is 2.22. The molecule has 2 aliphatic heterocycles. The molecule has 0 aromatic heterocycles. The van der Waals surface area contributed by atoms with Crippen molar-refractivity contribution in [2.45, 2.75) is 25.7 Å². The Balaban J connectivity index is 1.54. The SMILES string of the molecule is CCOC(=O)c1ccccc1NC(=O)CN1C(=O)N(Cc2ccc(F)cc2)C(=O)C2NCCNC21. The summed E-state index contributed by atoms with van der Waals surface area (Å²) in [5, 5.41) is 8.91. The maximum absolute atomic E-state index is 13.3. The summed E-state index contributed by atoms with van der Waals surface area (Å²) in [7, 11) is 0. The molecule has 2 aromatic rings. The Labute approximate surface area is 201 Å². The number of esters is 1. The monoisotopic (exact) mass is 483 g/mol. The van der Waals surface area contributed by atoms with Crippen LogP contribution in [0.5, 0.6) is 0 Å². The number of nitrogens with zero attached hydrogens (tertiary/aromatic N) is 2. The van der Waals surface area contributed by atoms with Crippen molar-refractivity contribution >= 4 is 29.5 Å². The summed E-state index contributed by atoms with van der Waals surface area (Å²) >= 11 is 0. The van der Waals surface area contributed by atoms with Gasteiger partial charge in [-0.25, -0.2) is 14.0 Å². The number of urea groups is 1. The molecule has 2 aromatic carbocycles. The zero-order valence-corrected chi connectivity index (χ0v) is 19.1. The summed E-state index contributed by atoms with van der Waals surface area (Å²) in [6.45, 7) is 2.46. The van der Waals surface area contributed by atoms with Crippen molar-refractivity contribution in [3.8, 4) is 0 Å². The maximum atomic E-state index is 13.3. The van der Waals surface area contributed by atoms with Gasteiger partial charge in [0, 0.05) is 13.1 Å². The number of anilines is 1. The number of hydrogen-bond acceptors (Lipinski definition) is 7. The van der Waals surface area contributed by atoms with Crippen LogP contribution in [0, 0.1) is 5.82 Å². The lowest BCUT2D eigenvalue weighted by molar-refractivity contribution is -0.139. The third kappa shape index (κ3) is 5.31. The normalized spacial score (nSPS) is 19.8. The Morgan fingerprint density at radius 2 is 1.80 bits per heavy atom. The smallest absolute Gasteiger partial charge is 0.340 e. The van der Waals surface area contributed by atoms with E-state index in [1.807, 2.05) is 0 Å². The average Bonchev–Trinajstić information content (AvgIpc) is 2.86. The molecule has 2 unspecified atom stereocenters. The zero-order chi connectivity index (χ0) is 24.9. The first-order valence-electron chi connectivity index (χ1n) is 11.3. The number of carbonyl (C=O) groups excluding carboxylic acids is 4. The molecule has 2 heterocycles. The molecular formula is C24H26FN5O5. The molecule has 2 aliphatic rings. The standard InChI is InChI=1S/C24H26FN5O5/c1-2-35-23(33)17-5-3-4-6-18(17)28-19(31)14-29-21-20(26-11-12-27-21)22(32)30(24(29)34)13-15-7-9-16(25)10-8-15/h3-10,20-21,26-27H,2,11-14H2,1H3,(H,28,31). The molecule has 3 N–H and O–H groups in total. The first-order valence-corrected chi connectivity index (χ1v) is 11.3. The minimum atomic E-state index is -0.749. The molecule has 0 radical (unpaired) electrons. The second-order valence-electron chi connectivity index (χ2n) is 8.11. The number of halogens is 1. The van der Waals surface area contributed by atoms with Crippen LogP contribution >= 0.6 is 0 Å². The van der Waals surface area contributed by atoms with Gasteiger partial charge < -0.3 is 15.4 Å². The van der Waals surface area contributed by atoms with Crippen molar-refractivity contribution < 1.29 is 28.3 Å². The van der Waals surface area contributed by atoms with Crippen molar-refractivity contribution in [1.82, 2.24) is 20.4 Å². The van der Waals surface area contributed by atoms with E-state index in [1.54, 1.807) is 25.1 Å². The number of nitrogens with one attached hydrogen (secondary N) is 3. The van der Waals surface area contributed by atoms with Gasteiger partial charge >= 0.3 is 12.0 Å². The fourth-order valence-electron chi connectivity index (χ4n) is 4.13. The Morgan fingerprint density at radius 1 is 1.09 bits per heavy atom. The lowest BCUT2D eigenvalue weighted by Crippen LogP contribution is -2.75. The molecule has 35 heavy (non-hydrogen) atoms. The molecule has 2 fully saturated rings. The van der Waals surface area contributed by atoms with E-state index < -0.39 is 41.8 Å². The van der Waals surface area contributed by atoms with Gasteiger partial charge in [-0.3, -0.25) is 24.7 Å². The molecule has 2 saturated heterocycles. The minimum absolute atomic E-state index is 0.0628. The molecule has 4 rings (SSSR count). The van der Waals surface area contributed by atoms with Crippen LogP contribution in [0.25, 0.3) is 0 Å². The van der Waals surface area contributed by atoms with E-state index in [2.05, 4.69) is 16.0 Å². The number of amides is 4. The molecule has 0 bridgehead atoms. The van der Waals surface area contributed by atoms with Gasteiger partial charge in [0.05, 0.1) is 24.4 Å². The van der Waals surface area contributed by atoms with Crippen LogP contribution in [-0.4, -0.2) is 72.1 Å². The highest BCUT2D eigenvalue weighted by Gasteiger charge is 2.47. The van der Waals surface area contributed by atoms with Crippen LogP contribution < -0.4 is 16.0 Å². The van der Waals surface area contributed by atoms with Crippen molar-refractivity contribution in [2.24, 2.45) is 0 Å². The molecule has 11 heteroatoms.